The first-order valence-electron chi connectivity index (χ1n) is 7.25. The van der Waals surface area contributed by atoms with E-state index in [9.17, 15) is 4.79 Å². The van der Waals surface area contributed by atoms with E-state index in [4.69, 9.17) is 4.74 Å². The second-order valence-electron chi connectivity index (χ2n) is 5.34. The fourth-order valence-corrected chi connectivity index (χ4v) is 3.02. The highest BCUT2D eigenvalue weighted by atomic mass is 16.5. The Bertz CT molecular complexity index is 679. The third-order valence-electron chi connectivity index (χ3n) is 4.00. The second kappa shape index (κ2) is 5.60. The molecule has 2 aromatic carbocycles. The maximum absolute atomic E-state index is 12.9. The molecule has 1 amide bonds. The molecule has 3 heteroatoms. The molecule has 0 unspecified atom stereocenters. The van der Waals surface area contributed by atoms with Crippen molar-refractivity contribution in [3.05, 3.63) is 59.2 Å². The number of hydrogen-bond donors (Lipinski definition) is 0. The van der Waals surface area contributed by atoms with Crippen molar-refractivity contribution in [2.24, 2.45) is 0 Å². The summed E-state index contributed by atoms with van der Waals surface area (Å²) in [4.78, 5) is 14.8. The minimum atomic E-state index is 0.0164. The Morgan fingerprint density at radius 2 is 1.95 bits per heavy atom. The number of ether oxygens (including phenoxy) is 1. The molecule has 0 saturated carbocycles. The third-order valence-corrected chi connectivity index (χ3v) is 4.00. The van der Waals surface area contributed by atoms with Crippen molar-refractivity contribution >= 4 is 11.6 Å². The number of aryl methyl sites for hydroxylation is 2. The molecular formula is C18H19NO2. The summed E-state index contributed by atoms with van der Waals surface area (Å²) in [6, 6.07) is 13.6. The SMILES string of the molecule is COc1ccccc1C(=O)N1CCCc2cccc(C)c21. The molecule has 1 heterocycles. The topological polar surface area (TPSA) is 29.5 Å². The lowest BCUT2D eigenvalue weighted by molar-refractivity contribution is 0.0982. The summed E-state index contributed by atoms with van der Waals surface area (Å²) < 4.78 is 5.33. The van der Waals surface area contributed by atoms with Crippen molar-refractivity contribution in [2.45, 2.75) is 19.8 Å². The highest BCUT2D eigenvalue weighted by molar-refractivity contribution is 6.08. The van der Waals surface area contributed by atoms with Gasteiger partial charge >= 0.3 is 0 Å². The average Bonchev–Trinajstić information content (AvgIpc) is 2.54. The molecule has 0 saturated heterocycles. The van der Waals surface area contributed by atoms with E-state index in [-0.39, 0.29) is 5.91 Å². The van der Waals surface area contributed by atoms with Gasteiger partial charge < -0.3 is 9.64 Å². The number of anilines is 1. The molecule has 3 nitrogen and oxygen atoms in total. The summed E-state index contributed by atoms with van der Waals surface area (Å²) >= 11 is 0. The molecule has 0 fully saturated rings. The molecule has 0 N–H and O–H groups in total. The first kappa shape index (κ1) is 13.7. The van der Waals surface area contributed by atoms with Crippen molar-refractivity contribution in [1.82, 2.24) is 0 Å². The first-order valence-corrected chi connectivity index (χ1v) is 7.25. The number of carbonyl (C=O) groups excluding carboxylic acids is 1. The summed E-state index contributed by atoms with van der Waals surface area (Å²) in [5.74, 6) is 0.644. The van der Waals surface area contributed by atoms with Crippen LogP contribution in [0.25, 0.3) is 0 Å². The summed E-state index contributed by atoms with van der Waals surface area (Å²) in [5, 5.41) is 0. The molecule has 0 aliphatic carbocycles. The Morgan fingerprint density at radius 3 is 2.76 bits per heavy atom. The zero-order valence-electron chi connectivity index (χ0n) is 12.4. The average molecular weight is 281 g/mol. The van der Waals surface area contributed by atoms with Crippen LogP contribution in [0.5, 0.6) is 5.75 Å². The molecule has 1 aliphatic heterocycles. The van der Waals surface area contributed by atoms with Crippen LogP contribution in [0.4, 0.5) is 5.69 Å². The number of carbonyl (C=O) groups is 1. The van der Waals surface area contributed by atoms with E-state index < -0.39 is 0 Å². The van der Waals surface area contributed by atoms with Gasteiger partial charge in [0.25, 0.3) is 5.91 Å². The van der Waals surface area contributed by atoms with Gasteiger partial charge in [0.05, 0.1) is 18.4 Å². The maximum atomic E-state index is 12.9. The molecular weight excluding hydrogens is 262 g/mol. The van der Waals surface area contributed by atoms with Gasteiger partial charge in [0.1, 0.15) is 5.75 Å². The van der Waals surface area contributed by atoms with Gasteiger partial charge in [-0.15, -0.1) is 0 Å². The van der Waals surface area contributed by atoms with E-state index in [0.29, 0.717) is 11.3 Å². The van der Waals surface area contributed by atoms with Crippen molar-refractivity contribution in [1.29, 1.82) is 0 Å². The van der Waals surface area contributed by atoms with Gasteiger partial charge in [-0.1, -0.05) is 30.3 Å². The van der Waals surface area contributed by atoms with E-state index in [2.05, 4.69) is 25.1 Å². The van der Waals surface area contributed by atoms with Gasteiger partial charge in [-0.05, 0) is 43.0 Å². The largest absolute Gasteiger partial charge is 0.496 e. The van der Waals surface area contributed by atoms with Gasteiger partial charge in [0.2, 0.25) is 0 Å². The van der Waals surface area contributed by atoms with Crippen molar-refractivity contribution in [3.8, 4) is 5.75 Å². The molecule has 1 aliphatic rings. The smallest absolute Gasteiger partial charge is 0.262 e. The van der Waals surface area contributed by atoms with Crippen LogP contribution in [0.15, 0.2) is 42.5 Å². The lowest BCUT2D eigenvalue weighted by Crippen LogP contribution is -2.36. The van der Waals surface area contributed by atoms with E-state index >= 15 is 0 Å². The summed E-state index contributed by atoms with van der Waals surface area (Å²) in [6.45, 7) is 2.82. The number of hydrogen-bond acceptors (Lipinski definition) is 2. The minimum absolute atomic E-state index is 0.0164. The second-order valence-corrected chi connectivity index (χ2v) is 5.34. The van der Waals surface area contributed by atoms with E-state index in [1.807, 2.05) is 29.2 Å². The number of amides is 1. The summed E-state index contributed by atoms with van der Waals surface area (Å²) in [6.07, 6.45) is 2.03. The number of benzene rings is 2. The number of rotatable bonds is 2. The predicted octanol–water partition coefficient (Wildman–Crippen LogP) is 3.60. The zero-order chi connectivity index (χ0) is 14.8. The zero-order valence-corrected chi connectivity index (χ0v) is 12.4. The van der Waals surface area contributed by atoms with Crippen LogP contribution in [-0.4, -0.2) is 19.6 Å². The van der Waals surface area contributed by atoms with Gasteiger partial charge in [0, 0.05) is 6.54 Å². The summed E-state index contributed by atoms with van der Waals surface area (Å²) in [5.41, 5.74) is 4.09. The molecule has 0 aromatic heterocycles. The minimum Gasteiger partial charge on any atom is -0.496 e. The number of fused-ring (bicyclic) bond motifs is 1. The fourth-order valence-electron chi connectivity index (χ4n) is 3.02. The van der Waals surface area contributed by atoms with Crippen LogP contribution in [-0.2, 0) is 6.42 Å². The Kier molecular flexibility index (Phi) is 3.65. The predicted molar refractivity (Wildman–Crippen MR) is 84.2 cm³/mol. The number of methoxy groups -OCH3 is 1. The van der Waals surface area contributed by atoms with Crippen molar-refractivity contribution in [2.75, 3.05) is 18.6 Å². The van der Waals surface area contributed by atoms with Crippen molar-refractivity contribution < 1.29 is 9.53 Å². The molecule has 108 valence electrons. The molecule has 21 heavy (non-hydrogen) atoms. The van der Waals surface area contributed by atoms with Gasteiger partial charge in [-0.3, -0.25) is 4.79 Å². The van der Waals surface area contributed by atoms with Crippen LogP contribution in [0.2, 0.25) is 0 Å². The van der Waals surface area contributed by atoms with Gasteiger partial charge in [0.15, 0.2) is 0 Å². The van der Waals surface area contributed by atoms with Crippen LogP contribution < -0.4 is 9.64 Å². The standard InChI is InChI=1S/C18H19NO2/c1-13-7-5-8-14-9-6-12-19(17(13)14)18(20)15-10-3-4-11-16(15)21-2/h3-5,7-8,10-11H,6,9,12H2,1-2H3. The Labute approximate surface area is 125 Å². The lowest BCUT2D eigenvalue weighted by atomic mass is 9.97. The van der Waals surface area contributed by atoms with Gasteiger partial charge in [-0.2, -0.15) is 0 Å². The Hall–Kier alpha value is -2.29. The monoisotopic (exact) mass is 281 g/mol. The maximum Gasteiger partial charge on any atom is 0.262 e. The van der Waals surface area contributed by atoms with Crippen LogP contribution in [0.3, 0.4) is 0 Å². The number of para-hydroxylation sites is 2. The van der Waals surface area contributed by atoms with Crippen LogP contribution in [0.1, 0.15) is 27.9 Å². The molecule has 2 aromatic rings. The quantitative estimate of drug-likeness (QED) is 0.841. The van der Waals surface area contributed by atoms with Crippen molar-refractivity contribution in [3.63, 3.8) is 0 Å². The van der Waals surface area contributed by atoms with E-state index in [1.165, 1.54) is 5.56 Å². The summed E-state index contributed by atoms with van der Waals surface area (Å²) in [7, 11) is 1.60. The van der Waals surface area contributed by atoms with E-state index in [0.717, 1.165) is 30.6 Å². The lowest BCUT2D eigenvalue weighted by Gasteiger charge is -2.31. The fraction of sp³-hybridized carbons (Fsp3) is 0.278. The normalized spacial score (nSPS) is 13.7. The third kappa shape index (κ3) is 2.40. The molecule has 0 spiro atoms. The highest BCUT2D eigenvalue weighted by Gasteiger charge is 2.26. The van der Waals surface area contributed by atoms with Crippen LogP contribution in [0, 0.1) is 6.92 Å². The first-order chi connectivity index (χ1) is 10.2. The highest BCUT2D eigenvalue weighted by Crippen LogP contribution is 2.32. The van der Waals surface area contributed by atoms with E-state index in [1.54, 1.807) is 7.11 Å². The Balaban J connectivity index is 2.05. The molecule has 0 radical (unpaired) electrons. The van der Waals surface area contributed by atoms with Gasteiger partial charge in [-0.25, -0.2) is 0 Å². The molecule has 0 bridgehead atoms. The number of nitrogens with zero attached hydrogens (tertiary/aromatic N) is 1. The molecule has 3 rings (SSSR count). The van der Waals surface area contributed by atoms with Crippen LogP contribution >= 0.6 is 0 Å². The molecule has 0 atom stereocenters. The Morgan fingerprint density at radius 1 is 1.14 bits per heavy atom.